The van der Waals surface area contributed by atoms with E-state index in [-0.39, 0.29) is 23.6 Å². The molecule has 0 N–H and O–H groups in total. The second kappa shape index (κ2) is 7.02. The maximum atomic E-state index is 12.4. The van der Waals surface area contributed by atoms with E-state index in [0.29, 0.717) is 13.1 Å². The summed E-state index contributed by atoms with van der Waals surface area (Å²) in [5.41, 5.74) is -0.315. The van der Waals surface area contributed by atoms with Crippen LogP contribution in [0.25, 0.3) is 0 Å². The fourth-order valence-electron chi connectivity index (χ4n) is 2.48. The molecule has 1 aliphatic heterocycles. The monoisotopic (exact) mass is 306 g/mol. The van der Waals surface area contributed by atoms with Crippen LogP contribution in [-0.4, -0.2) is 41.4 Å². The lowest BCUT2D eigenvalue weighted by Crippen LogP contribution is -2.35. The smallest absolute Gasteiger partial charge is 0.345 e. The van der Waals surface area contributed by atoms with Gasteiger partial charge in [-0.1, -0.05) is 0 Å². The Labute approximate surface area is 128 Å². The normalized spacial score (nSPS) is 14.5. The van der Waals surface area contributed by atoms with Crippen LogP contribution in [0.2, 0.25) is 0 Å². The van der Waals surface area contributed by atoms with E-state index >= 15 is 0 Å². The number of carbonyl (C=O) groups is 2. The predicted molar refractivity (Wildman–Crippen MR) is 78.8 cm³/mol. The van der Waals surface area contributed by atoms with Crippen molar-refractivity contribution in [2.75, 3.05) is 19.7 Å². The average molecular weight is 306 g/mol. The van der Waals surface area contributed by atoms with E-state index in [1.807, 2.05) is 0 Å². The first kappa shape index (κ1) is 15.9. The van der Waals surface area contributed by atoms with Gasteiger partial charge in [0.1, 0.15) is 5.56 Å². The van der Waals surface area contributed by atoms with Gasteiger partial charge in [0.2, 0.25) is 0 Å². The number of likely N-dealkylation sites (tertiary alicyclic amines) is 1. The largest absolute Gasteiger partial charge is 0.462 e. The number of hydrogen-bond donors (Lipinski definition) is 0. The highest BCUT2D eigenvalue weighted by atomic mass is 16.6. The minimum absolute atomic E-state index is 0.129. The molecule has 2 rings (SSSR count). The molecule has 0 saturated carbocycles. The van der Waals surface area contributed by atoms with Gasteiger partial charge in [0.15, 0.2) is 0 Å². The van der Waals surface area contributed by atoms with Crippen LogP contribution in [0.15, 0.2) is 18.2 Å². The van der Waals surface area contributed by atoms with Crippen LogP contribution in [0.5, 0.6) is 0 Å². The minimum atomic E-state index is -0.758. The SMILES string of the molecule is CCOC(=O)c1ccc(C(=O)N2CCCCC2)cc1[N+](=O)[O-]. The van der Waals surface area contributed by atoms with Gasteiger partial charge in [0, 0.05) is 24.7 Å². The molecule has 0 atom stereocenters. The summed E-state index contributed by atoms with van der Waals surface area (Å²) in [6.45, 7) is 3.07. The first-order valence-corrected chi connectivity index (χ1v) is 7.29. The van der Waals surface area contributed by atoms with Crippen LogP contribution < -0.4 is 0 Å². The number of nitrogens with zero attached hydrogens (tertiary/aromatic N) is 2. The molecule has 1 heterocycles. The molecule has 0 aromatic heterocycles. The van der Waals surface area contributed by atoms with Gasteiger partial charge in [-0.25, -0.2) is 4.79 Å². The Hall–Kier alpha value is -2.44. The third kappa shape index (κ3) is 3.41. The zero-order valence-corrected chi connectivity index (χ0v) is 12.4. The molecule has 1 amide bonds. The van der Waals surface area contributed by atoms with Crippen LogP contribution >= 0.6 is 0 Å². The van der Waals surface area contributed by atoms with E-state index in [1.54, 1.807) is 11.8 Å². The van der Waals surface area contributed by atoms with Gasteiger partial charge in [-0.2, -0.15) is 0 Å². The van der Waals surface area contributed by atoms with Crippen LogP contribution in [0.3, 0.4) is 0 Å². The molecule has 1 aromatic rings. The number of hydrogen-bond acceptors (Lipinski definition) is 5. The topological polar surface area (TPSA) is 89.8 Å². The number of esters is 1. The highest BCUT2D eigenvalue weighted by Gasteiger charge is 2.25. The number of piperidine rings is 1. The molecule has 0 radical (unpaired) electrons. The summed E-state index contributed by atoms with van der Waals surface area (Å²) in [6, 6.07) is 3.88. The Morgan fingerprint density at radius 2 is 1.95 bits per heavy atom. The molecule has 0 unspecified atom stereocenters. The number of nitro groups is 1. The summed E-state index contributed by atoms with van der Waals surface area (Å²) in [7, 11) is 0. The third-order valence-corrected chi connectivity index (χ3v) is 3.58. The Morgan fingerprint density at radius 3 is 2.55 bits per heavy atom. The van der Waals surface area contributed by atoms with E-state index in [9.17, 15) is 19.7 Å². The minimum Gasteiger partial charge on any atom is -0.462 e. The lowest BCUT2D eigenvalue weighted by Gasteiger charge is -2.26. The maximum absolute atomic E-state index is 12.4. The molecular formula is C15H18N2O5. The van der Waals surface area contributed by atoms with E-state index in [1.165, 1.54) is 12.1 Å². The lowest BCUT2D eigenvalue weighted by molar-refractivity contribution is -0.385. The van der Waals surface area contributed by atoms with Crippen molar-refractivity contribution >= 4 is 17.6 Å². The van der Waals surface area contributed by atoms with Gasteiger partial charge in [-0.3, -0.25) is 14.9 Å². The van der Waals surface area contributed by atoms with Crippen molar-refractivity contribution in [3.05, 3.63) is 39.4 Å². The Morgan fingerprint density at radius 1 is 1.27 bits per heavy atom. The molecule has 1 aliphatic rings. The maximum Gasteiger partial charge on any atom is 0.345 e. The van der Waals surface area contributed by atoms with Gasteiger partial charge in [-0.05, 0) is 38.3 Å². The number of rotatable bonds is 4. The van der Waals surface area contributed by atoms with Crippen molar-refractivity contribution in [1.29, 1.82) is 0 Å². The molecule has 1 fully saturated rings. The van der Waals surface area contributed by atoms with Crippen molar-refractivity contribution < 1.29 is 19.2 Å². The van der Waals surface area contributed by atoms with Crippen LogP contribution in [0, 0.1) is 10.1 Å². The van der Waals surface area contributed by atoms with Gasteiger partial charge in [-0.15, -0.1) is 0 Å². The fourth-order valence-corrected chi connectivity index (χ4v) is 2.48. The average Bonchev–Trinajstić information content (AvgIpc) is 2.54. The Kier molecular flexibility index (Phi) is 5.08. The molecule has 0 aliphatic carbocycles. The van der Waals surface area contributed by atoms with E-state index in [2.05, 4.69) is 0 Å². The number of benzene rings is 1. The van der Waals surface area contributed by atoms with Gasteiger partial charge < -0.3 is 9.64 Å². The van der Waals surface area contributed by atoms with Crippen LogP contribution in [-0.2, 0) is 4.74 Å². The summed E-state index contributed by atoms with van der Waals surface area (Å²) < 4.78 is 4.80. The number of carbonyl (C=O) groups excluding carboxylic acids is 2. The molecule has 1 aromatic carbocycles. The summed E-state index contributed by atoms with van der Waals surface area (Å²) in [5.74, 6) is -0.996. The van der Waals surface area contributed by atoms with Crippen molar-refractivity contribution in [1.82, 2.24) is 4.90 Å². The van der Waals surface area contributed by atoms with Crippen LogP contribution in [0.1, 0.15) is 46.9 Å². The number of nitro benzene ring substituents is 1. The predicted octanol–water partition coefficient (Wildman–Crippen LogP) is 2.40. The molecule has 0 bridgehead atoms. The van der Waals surface area contributed by atoms with Crippen molar-refractivity contribution in [2.24, 2.45) is 0 Å². The second-order valence-electron chi connectivity index (χ2n) is 5.06. The standard InChI is InChI=1S/C15H18N2O5/c1-2-22-15(19)12-7-6-11(10-13(12)17(20)21)14(18)16-8-4-3-5-9-16/h6-7,10H,2-5,8-9H2,1H3. The number of ether oxygens (including phenoxy) is 1. The lowest BCUT2D eigenvalue weighted by atomic mass is 10.1. The third-order valence-electron chi connectivity index (χ3n) is 3.58. The van der Waals surface area contributed by atoms with Gasteiger partial charge in [0.25, 0.3) is 11.6 Å². The van der Waals surface area contributed by atoms with Gasteiger partial charge in [0.05, 0.1) is 11.5 Å². The highest BCUT2D eigenvalue weighted by molar-refractivity contribution is 5.99. The van der Waals surface area contributed by atoms with Crippen molar-refractivity contribution in [3.63, 3.8) is 0 Å². The molecule has 7 nitrogen and oxygen atoms in total. The van der Waals surface area contributed by atoms with Crippen molar-refractivity contribution in [3.8, 4) is 0 Å². The zero-order chi connectivity index (χ0) is 16.1. The fraction of sp³-hybridized carbons (Fsp3) is 0.467. The van der Waals surface area contributed by atoms with E-state index in [4.69, 9.17) is 4.74 Å². The summed E-state index contributed by atoms with van der Waals surface area (Å²) >= 11 is 0. The molecule has 22 heavy (non-hydrogen) atoms. The molecule has 7 heteroatoms. The highest BCUT2D eigenvalue weighted by Crippen LogP contribution is 2.23. The first-order valence-electron chi connectivity index (χ1n) is 7.29. The van der Waals surface area contributed by atoms with Crippen LogP contribution in [0.4, 0.5) is 5.69 Å². The number of amides is 1. The van der Waals surface area contributed by atoms with Gasteiger partial charge >= 0.3 is 5.97 Å². The quantitative estimate of drug-likeness (QED) is 0.484. The zero-order valence-electron chi connectivity index (χ0n) is 12.4. The second-order valence-corrected chi connectivity index (χ2v) is 5.06. The summed E-state index contributed by atoms with van der Waals surface area (Å²) in [6.07, 6.45) is 2.97. The molecule has 0 spiro atoms. The summed E-state index contributed by atoms with van der Waals surface area (Å²) in [5, 5.41) is 11.2. The van der Waals surface area contributed by atoms with Crippen molar-refractivity contribution in [2.45, 2.75) is 26.2 Å². The van der Waals surface area contributed by atoms with E-state index < -0.39 is 16.6 Å². The first-order chi connectivity index (χ1) is 10.5. The Balaban J connectivity index is 2.30. The van der Waals surface area contributed by atoms with E-state index in [0.717, 1.165) is 25.3 Å². The summed E-state index contributed by atoms with van der Waals surface area (Å²) in [4.78, 5) is 36.3. The Bertz CT molecular complexity index is 594. The molecular weight excluding hydrogens is 288 g/mol. The molecule has 1 saturated heterocycles. The molecule has 118 valence electrons.